The third-order valence-corrected chi connectivity index (χ3v) is 3.75. The summed E-state index contributed by atoms with van der Waals surface area (Å²) in [4.78, 5) is 24.7. The van der Waals surface area contributed by atoms with E-state index in [1.54, 1.807) is 12.3 Å². The zero-order valence-corrected chi connectivity index (χ0v) is 13.2. The predicted octanol–water partition coefficient (Wildman–Crippen LogP) is -2.15. The first-order valence-electron chi connectivity index (χ1n) is 7.77. The van der Waals surface area contributed by atoms with Crippen LogP contribution in [-0.4, -0.2) is 62.4 Å². The van der Waals surface area contributed by atoms with Crippen LogP contribution in [0.5, 0.6) is 0 Å². The molecule has 1 aliphatic heterocycles. The summed E-state index contributed by atoms with van der Waals surface area (Å²) in [5, 5.41) is 14.1. The molecular weight excluding hydrogens is 302 g/mol. The van der Waals surface area contributed by atoms with Gasteiger partial charge < -0.3 is 29.8 Å². The van der Waals surface area contributed by atoms with Gasteiger partial charge in [-0.25, -0.2) is 0 Å². The third kappa shape index (κ3) is 5.34. The van der Waals surface area contributed by atoms with Gasteiger partial charge in [-0.3, -0.25) is 9.59 Å². The van der Waals surface area contributed by atoms with Gasteiger partial charge >= 0.3 is 11.8 Å². The van der Waals surface area contributed by atoms with Crippen LogP contribution in [0, 0.1) is 0 Å². The van der Waals surface area contributed by atoms with Crippen molar-refractivity contribution in [1.29, 1.82) is 0 Å². The number of ether oxygens (including phenoxy) is 1. The monoisotopic (exact) mass is 326 g/mol. The van der Waals surface area contributed by atoms with Crippen LogP contribution in [0.4, 0.5) is 0 Å². The maximum atomic E-state index is 11.8. The van der Waals surface area contributed by atoms with Gasteiger partial charge in [0.05, 0.1) is 32.1 Å². The standard InChI is InChI=1S/C15H23N3O5/c1-11(19)9-16-14(20)15(21)17-10-12(13-3-2-6-23-13)18-4-7-22-8-5-18/h2-3,6,11-12,19H,4-5,7-10H2,1H3,(H,16,20)(H,17,21)/p+1/t11-,12-/m1/s1. The van der Waals surface area contributed by atoms with Crippen LogP contribution in [0.1, 0.15) is 18.7 Å². The molecule has 2 amide bonds. The Morgan fingerprint density at radius 2 is 1.91 bits per heavy atom. The Morgan fingerprint density at radius 3 is 2.48 bits per heavy atom. The summed E-state index contributed by atoms with van der Waals surface area (Å²) in [6, 6.07) is 3.61. The number of quaternary nitrogens is 1. The summed E-state index contributed by atoms with van der Waals surface area (Å²) >= 11 is 0. The molecule has 1 aliphatic rings. The Bertz CT molecular complexity index is 497. The Hall–Kier alpha value is -1.90. The SMILES string of the molecule is C[C@@H](O)CNC(=O)C(=O)NC[C@H](c1ccco1)[NH+]1CCOCC1. The quantitative estimate of drug-likeness (QED) is 0.446. The number of nitrogens with one attached hydrogen (secondary N) is 3. The zero-order valence-electron chi connectivity index (χ0n) is 13.2. The molecule has 2 atom stereocenters. The summed E-state index contributed by atoms with van der Waals surface area (Å²) in [5.74, 6) is -0.692. The lowest BCUT2D eigenvalue weighted by Gasteiger charge is -2.30. The Labute approximate surface area is 134 Å². The molecule has 8 nitrogen and oxygen atoms in total. The van der Waals surface area contributed by atoms with Crippen LogP contribution >= 0.6 is 0 Å². The number of aliphatic hydroxyl groups excluding tert-OH is 1. The summed E-state index contributed by atoms with van der Waals surface area (Å²) in [6.45, 7) is 4.83. The van der Waals surface area contributed by atoms with Gasteiger partial charge in [0, 0.05) is 6.54 Å². The fraction of sp³-hybridized carbons (Fsp3) is 0.600. The topological polar surface area (TPSA) is 105 Å². The highest BCUT2D eigenvalue weighted by Gasteiger charge is 2.29. The molecule has 0 unspecified atom stereocenters. The van der Waals surface area contributed by atoms with Crippen molar-refractivity contribution in [3.63, 3.8) is 0 Å². The predicted molar refractivity (Wildman–Crippen MR) is 80.7 cm³/mol. The van der Waals surface area contributed by atoms with Crippen molar-refractivity contribution in [3.05, 3.63) is 24.2 Å². The van der Waals surface area contributed by atoms with E-state index in [2.05, 4.69) is 10.6 Å². The average molecular weight is 326 g/mol. The summed E-state index contributed by atoms with van der Waals surface area (Å²) < 4.78 is 10.8. The van der Waals surface area contributed by atoms with E-state index in [1.165, 1.54) is 11.8 Å². The van der Waals surface area contributed by atoms with Crippen LogP contribution in [0.15, 0.2) is 22.8 Å². The van der Waals surface area contributed by atoms with Crippen LogP contribution < -0.4 is 15.5 Å². The third-order valence-electron chi connectivity index (χ3n) is 3.75. The second-order valence-electron chi connectivity index (χ2n) is 5.61. The van der Waals surface area contributed by atoms with Gasteiger partial charge in [0.15, 0.2) is 11.8 Å². The molecule has 0 bridgehead atoms. The molecule has 0 aromatic carbocycles. The average Bonchev–Trinajstić information content (AvgIpc) is 3.07. The minimum absolute atomic E-state index is 0.0442. The maximum absolute atomic E-state index is 11.8. The molecule has 0 spiro atoms. The molecular formula is C15H24N3O5+. The number of hydrogen-bond acceptors (Lipinski definition) is 5. The highest BCUT2D eigenvalue weighted by atomic mass is 16.5. The van der Waals surface area contributed by atoms with Crippen molar-refractivity contribution in [2.75, 3.05) is 39.4 Å². The molecule has 0 radical (unpaired) electrons. The number of furan rings is 1. The van der Waals surface area contributed by atoms with Crippen molar-refractivity contribution < 1.29 is 28.7 Å². The van der Waals surface area contributed by atoms with E-state index < -0.39 is 17.9 Å². The fourth-order valence-corrected chi connectivity index (χ4v) is 2.51. The second kappa shape index (κ2) is 8.66. The summed E-state index contributed by atoms with van der Waals surface area (Å²) in [7, 11) is 0. The minimum Gasteiger partial charge on any atom is -0.463 e. The second-order valence-corrected chi connectivity index (χ2v) is 5.61. The van der Waals surface area contributed by atoms with Gasteiger partial charge in [-0.15, -0.1) is 0 Å². The largest absolute Gasteiger partial charge is 0.463 e. The Morgan fingerprint density at radius 1 is 1.26 bits per heavy atom. The number of rotatable bonds is 6. The molecule has 0 saturated carbocycles. The normalized spacial score (nSPS) is 18.2. The minimum atomic E-state index is -0.749. The van der Waals surface area contributed by atoms with Gasteiger partial charge in [0.2, 0.25) is 0 Å². The zero-order chi connectivity index (χ0) is 16.7. The molecule has 8 heteroatoms. The number of carbonyl (C=O) groups is 2. The molecule has 1 fully saturated rings. The molecule has 1 aromatic rings. The van der Waals surface area contributed by atoms with Crippen LogP contribution in [0.3, 0.4) is 0 Å². The van der Waals surface area contributed by atoms with Crippen molar-refractivity contribution >= 4 is 11.8 Å². The smallest absolute Gasteiger partial charge is 0.309 e. The number of hydrogen-bond donors (Lipinski definition) is 4. The number of amides is 2. The number of aliphatic hydroxyl groups is 1. The Balaban J connectivity index is 1.90. The van der Waals surface area contributed by atoms with E-state index in [-0.39, 0.29) is 12.6 Å². The molecule has 128 valence electrons. The van der Waals surface area contributed by atoms with Gasteiger partial charge in [-0.1, -0.05) is 0 Å². The molecule has 1 aromatic heterocycles. The first kappa shape index (κ1) is 17.5. The first-order chi connectivity index (χ1) is 11.1. The van der Waals surface area contributed by atoms with E-state index in [1.807, 2.05) is 6.07 Å². The summed E-state index contributed by atoms with van der Waals surface area (Å²) in [6.07, 6.45) is 0.903. The van der Waals surface area contributed by atoms with Gasteiger partial charge in [-0.2, -0.15) is 0 Å². The highest BCUT2D eigenvalue weighted by molar-refractivity contribution is 6.35. The van der Waals surface area contributed by atoms with Crippen LogP contribution in [-0.2, 0) is 14.3 Å². The van der Waals surface area contributed by atoms with Crippen LogP contribution in [0.2, 0.25) is 0 Å². The molecule has 4 N–H and O–H groups in total. The summed E-state index contributed by atoms with van der Waals surface area (Å²) in [5.41, 5.74) is 0. The highest BCUT2D eigenvalue weighted by Crippen LogP contribution is 2.09. The number of carbonyl (C=O) groups excluding carboxylic acids is 2. The lowest BCUT2D eigenvalue weighted by molar-refractivity contribution is -0.938. The van der Waals surface area contributed by atoms with E-state index in [0.29, 0.717) is 19.8 Å². The van der Waals surface area contributed by atoms with Crippen molar-refractivity contribution in [2.24, 2.45) is 0 Å². The molecule has 2 heterocycles. The van der Waals surface area contributed by atoms with Crippen molar-refractivity contribution in [2.45, 2.75) is 19.1 Å². The van der Waals surface area contributed by atoms with Crippen molar-refractivity contribution in [1.82, 2.24) is 10.6 Å². The molecule has 2 rings (SSSR count). The lowest BCUT2D eigenvalue weighted by Crippen LogP contribution is -3.15. The fourth-order valence-electron chi connectivity index (χ4n) is 2.51. The van der Waals surface area contributed by atoms with E-state index in [9.17, 15) is 9.59 Å². The van der Waals surface area contributed by atoms with Gasteiger partial charge in [-0.05, 0) is 19.1 Å². The van der Waals surface area contributed by atoms with E-state index >= 15 is 0 Å². The first-order valence-corrected chi connectivity index (χ1v) is 7.77. The maximum Gasteiger partial charge on any atom is 0.309 e. The molecule has 0 aliphatic carbocycles. The molecule has 23 heavy (non-hydrogen) atoms. The van der Waals surface area contributed by atoms with E-state index in [0.717, 1.165) is 18.8 Å². The number of morpholine rings is 1. The van der Waals surface area contributed by atoms with Gasteiger partial charge in [0.25, 0.3) is 0 Å². The molecule has 1 saturated heterocycles. The lowest BCUT2D eigenvalue weighted by atomic mass is 10.1. The van der Waals surface area contributed by atoms with Crippen molar-refractivity contribution in [3.8, 4) is 0 Å². The Kier molecular flexibility index (Phi) is 6.57. The van der Waals surface area contributed by atoms with Gasteiger partial charge in [0.1, 0.15) is 13.1 Å². The van der Waals surface area contributed by atoms with E-state index in [4.69, 9.17) is 14.3 Å². The van der Waals surface area contributed by atoms with Crippen LogP contribution in [0.25, 0.3) is 0 Å².